The first-order valence-corrected chi connectivity index (χ1v) is 19.9. The van der Waals surface area contributed by atoms with E-state index in [-0.39, 0.29) is 64.9 Å². The molecule has 1 aromatic heterocycles. The molecule has 0 saturated carbocycles. The first kappa shape index (κ1) is 43.7. The van der Waals surface area contributed by atoms with E-state index in [1.54, 1.807) is 0 Å². The molecular weight excluding hydrogens is 843 g/mol. The van der Waals surface area contributed by atoms with Gasteiger partial charge in [-0.25, -0.2) is 0 Å². The van der Waals surface area contributed by atoms with E-state index in [1.165, 1.54) is 28.2 Å². The van der Waals surface area contributed by atoms with E-state index < -0.39 is 0 Å². The number of aromatic nitrogens is 1. The topological polar surface area (TPSA) is 59.4 Å². The Labute approximate surface area is 342 Å². The van der Waals surface area contributed by atoms with Crippen LogP contribution in [0.25, 0.3) is 32.8 Å². The quantitative estimate of drug-likeness (QED) is 0.0861. The van der Waals surface area contributed by atoms with Crippen LogP contribution < -0.4 is 4.74 Å². The van der Waals surface area contributed by atoms with E-state index in [9.17, 15) is 9.90 Å². The van der Waals surface area contributed by atoms with E-state index in [4.69, 9.17) is 11.1 Å². The maximum atomic E-state index is 12.2. The maximum Gasteiger partial charge on any atom is 0.164 e. The van der Waals surface area contributed by atoms with Crippen LogP contribution in [-0.4, -0.2) is 15.9 Å². The number of aliphatic hydroxyl groups is 1. The van der Waals surface area contributed by atoms with Crippen molar-refractivity contribution in [1.82, 2.24) is 4.98 Å². The maximum absolute atomic E-state index is 12.2. The zero-order valence-corrected chi connectivity index (χ0v) is 38.4. The Balaban J connectivity index is 0.000000385. The number of carbonyl (C=O) groups is 1. The molecule has 4 aromatic rings. The summed E-state index contributed by atoms with van der Waals surface area (Å²) in [6.45, 7) is 32.5. The number of pyridine rings is 1. The van der Waals surface area contributed by atoms with E-state index in [1.807, 2.05) is 47.6 Å². The summed E-state index contributed by atoms with van der Waals surface area (Å²) in [5.74, 6) is 1.98. The molecule has 5 heteroatoms. The Kier molecular flexibility index (Phi) is 13.8. The minimum absolute atomic E-state index is 0. The van der Waals surface area contributed by atoms with E-state index in [0.29, 0.717) is 0 Å². The number of hydrogen-bond donors (Lipinski definition) is 1. The van der Waals surface area contributed by atoms with Crippen molar-refractivity contribution in [1.29, 1.82) is 0 Å². The molecule has 0 fully saturated rings. The van der Waals surface area contributed by atoms with Gasteiger partial charge < -0.3 is 9.84 Å². The first-order chi connectivity index (χ1) is 24.9. The second kappa shape index (κ2) is 17.0. The van der Waals surface area contributed by atoms with Crippen molar-refractivity contribution in [3.05, 3.63) is 77.2 Å². The van der Waals surface area contributed by atoms with E-state index >= 15 is 0 Å². The van der Waals surface area contributed by atoms with Gasteiger partial charge in [0.05, 0.1) is 7.12 Å². The molecule has 1 radical (unpaired) electrons. The summed E-state index contributed by atoms with van der Waals surface area (Å²) in [6, 6.07) is 16.8. The van der Waals surface area contributed by atoms with Crippen LogP contribution in [0.3, 0.4) is 0 Å². The molecule has 2 heterocycles. The zero-order valence-electron chi connectivity index (χ0n) is 37.0. The molecule has 0 atom stereocenters. The molecular formula is C49H68IrNO3-. The van der Waals surface area contributed by atoms with Crippen molar-refractivity contribution in [2.45, 2.75) is 149 Å². The summed E-state index contributed by atoms with van der Waals surface area (Å²) in [4.78, 5) is 16.9. The summed E-state index contributed by atoms with van der Waals surface area (Å²) >= 11 is 0. The summed E-state index contributed by atoms with van der Waals surface area (Å²) in [6.07, 6.45) is 7.85. The first-order valence-electron chi connectivity index (χ1n) is 20.4. The number of rotatable bonds is 10. The summed E-state index contributed by atoms with van der Waals surface area (Å²) in [7, 11) is 0. The minimum Gasteiger partial charge on any atom is -0.512 e. The fourth-order valence-electron chi connectivity index (χ4n) is 7.19. The molecule has 1 N–H and O–H groups in total. The number of ether oxygens (including phenoxy) is 1. The van der Waals surface area contributed by atoms with Crippen LogP contribution in [0.5, 0.6) is 11.5 Å². The van der Waals surface area contributed by atoms with Crippen molar-refractivity contribution >= 4 is 27.3 Å². The molecule has 0 saturated heterocycles. The Bertz CT molecular complexity index is 2030. The van der Waals surface area contributed by atoms with Gasteiger partial charge in [0.2, 0.25) is 0 Å². The smallest absolute Gasteiger partial charge is 0.164 e. The van der Waals surface area contributed by atoms with Gasteiger partial charge in [0, 0.05) is 54.3 Å². The third kappa shape index (κ3) is 10.6. The van der Waals surface area contributed by atoms with Crippen molar-refractivity contribution < 1.29 is 36.1 Å². The molecule has 0 unspecified atom stereocenters. The SMILES string of the molecule is CCC(C)(CC)C(=O)/C=C(\O)C(C)(CC)CC.[2H]c1cc2cc(CC(C)(C)C)cc3c2c(n1)-c1[c-]c2cc(CC(C)(C)C)ccc2c(CC(C)(C)C)c1O3.[Ir]. The van der Waals surface area contributed by atoms with Crippen LogP contribution in [0.15, 0.2) is 54.4 Å². The van der Waals surface area contributed by atoms with Gasteiger partial charge in [-0.15, -0.1) is 17.5 Å². The standard InChI is InChI=1S/C34H40NO.C15H28O2.Ir/c1-32(2,3)18-21-10-11-25-24(14-21)17-26-30-29-23(12-13-35-30)15-22(19-33(4,5)6)16-28(29)36-31(26)27(25)20-34(7,8)9;1-7-14(5,8-2)12(16)11-13(17)15(6,9-3)10-4;/h10-16H,18-20H2,1-9H3;11,16H,7-10H2,1-6H3;/q-1;;/b;12-11-;/i13D;;. The molecule has 54 heavy (non-hydrogen) atoms. The van der Waals surface area contributed by atoms with Crippen molar-refractivity contribution in [3.63, 3.8) is 0 Å². The molecule has 0 bridgehead atoms. The number of ketones is 1. The Morgan fingerprint density at radius 2 is 1.33 bits per heavy atom. The molecule has 0 amide bonds. The van der Waals surface area contributed by atoms with Crippen LogP contribution in [0.4, 0.5) is 0 Å². The fourth-order valence-corrected chi connectivity index (χ4v) is 7.19. The average Bonchev–Trinajstić information content (AvgIpc) is 3.05. The van der Waals surface area contributed by atoms with Crippen molar-refractivity contribution in [3.8, 4) is 22.8 Å². The van der Waals surface area contributed by atoms with Gasteiger partial charge in [0.15, 0.2) is 5.78 Å². The van der Waals surface area contributed by atoms with Gasteiger partial charge in [-0.05, 0) is 84.3 Å². The van der Waals surface area contributed by atoms with Crippen LogP contribution >= 0.6 is 0 Å². The molecule has 297 valence electrons. The summed E-state index contributed by atoms with van der Waals surface area (Å²) < 4.78 is 15.3. The number of aliphatic hydroxyl groups excluding tert-OH is 1. The zero-order chi connectivity index (χ0) is 40.6. The van der Waals surface area contributed by atoms with E-state index in [0.717, 1.165) is 83.9 Å². The second-order valence-corrected chi connectivity index (χ2v) is 19.7. The summed E-state index contributed by atoms with van der Waals surface area (Å²) in [5, 5.41) is 14.4. The van der Waals surface area contributed by atoms with Gasteiger partial charge in [0.25, 0.3) is 0 Å². The van der Waals surface area contributed by atoms with Crippen molar-refractivity contribution in [2.24, 2.45) is 27.1 Å². The van der Waals surface area contributed by atoms with Crippen LogP contribution in [0.2, 0.25) is 0 Å². The van der Waals surface area contributed by atoms with E-state index in [2.05, 4.69) is 98.7 Å². The van der Waals surface area contributed by atoms with Crippen LogP contribution in [0, 0.1) is 33.1 Å². The summed E-state index contributed by atoms with van der Waals surface area (Å²) in [5.41, 5.74) is 5.27. The third-order valence-electron chi connectivity index (χ3n) is 11.2. The van der Waals surface area contributed by atoms with Gasteiger partial charge in [-0.2, -0.15) is 0 Å². The number of hydrogen-bond acceptors (Lipinski definition) is 4. The number of benzene rings is 3. The molecule has 3 aromatic carbocycles. The Morgan fingerprint density at radius 3 is 1.87 bits per heavy atom. The van der Waals surface area contributed by atoms with Gasteiger partial charge in [-0.1, -0.05) is 144 Å². The van der Waals surface area contributed by atoms with Crippen molar-refractivity contribution in [2.75, 3.05) is 0 Å². The number of fused-ring (bicyclic) bond motifs is 3. The molecule has 1 aliphatic rings. The monoisotopic (exact) mass is 912 g/mol. The molecule has 1 aliphatic heterocycles. The minimum atomic E-state index is -0.337. The predicted molar refractivity (Wildman–Crippen MR) is 226 cm³/mol. The molecule has 0 spiro atoms. The number of nitrogens with zero attached hydrogens (tertiary/aromatic N) is 1. The molecule has 5 rings (SSSR count). The fraction of sp³-hybridized carbons (Fsp3) is 0.551. The number of allylic oxidation sites excluding steroid dienone is 2. The Hall–Kier alpha value is -3.01. The van der Waals surface area contributed by atoms with Gasteiger partial charge in [0.1, 0.15) is 11.5 Å². The molecule has 0 aliphatic carbocycles. The second-order valence-electron chi connectivity index (χ2n) is 19.7. The number of carbonyl (C=O) groups excluding carboxylic acids is 1. The largest absolute Gasteiger partial charge is 0.512 e. The van der Waals surface area contributed by atoms with Crippen LogP contribution in [0.1, 0.15) is 148 Å². The molecule has 4 nitrogen and oxygen atoms in total. The van der Waals surface area contributed by atoms with Gasteiger partial charge in [-0.3, -0.25) is 9.78 Å². The third-order valence-corrected chi connectivity index (χ3v) is 11.2. The van der Waals surface area contributed by atoms with Crippen LogP contribution in [-0.2, 0) is 44.2 Å². The Morgan fingerprint density at radius 1 is 0.778 bits per heavy atom. The van der Waals surface area contributed by atoms with Gasteiger partial charge >= 0.3 is 0 Å². The normalized spacial score (nSPS) is 13.8. The predicted octanol–water partition coefficient (Wildman–Crippen LogP) is 14.4. The average molecular weight is 912 g/mol.